The zero-order valence-electron chi connectivity index (χ0n) is 19.9. The van der Waals surface area contributed by atoms with Gasteiger partial charge in [0.1, 0.15) is 0 Å². The lowest BCUT2D eigenvalue weighted by Gasteiger charge is -2.27. The van der Waals surface area contributed by atoms with Crippen LogP contribution in [-0.2, 0) is 0 Å². The predicted octanol–water partition coefficient (Wildman–Crippen LogP) is 7.47. The van der Waals surface area contributed by atoms with Crippen molar-refractivity contribution in [1.82, 2.24) is 4.98 Å². The molecule has 4 rings (SSSR count). The molecule has 33 heavy (non-hydrogen) atoms. The van der Waals surface area contributed by atoms with Crippen LogP contribution in [0.1, 0.15) is 18.2 Å². The van der Waals surface area contributed by atoms with E-state index in [4.69, 9.17) is 0 Å². The maximum atomic E-state index is 4.48. The first-order chi connectivity index (χ1) is 16.1. The Morgan fingerprint density at radius 3 is 1.79 bits per heavy atom. The summed E-state index contributed by atoms with van der Waals surface area (Å²) in [6, 6.07) is 29.9. The molecule has 4 aromatic rings. The zero-order chi connectivity index (χ0) is 23.2. The highest BCUT2D eigenvalue weighted by Crippen LogP contribution is 2.39. The van der Waals surface area contributed by atoms with Gasteiger partial charge in [0, 0.05) is 43.3 Å². The summed E-state index contributed by atoms with van der Waals surface area (Å²) >= 11 is 0. The van der Waals surface area contributed by atoms with E-state index in [9.17, 15) is 0 Å². The van der Waals surface area contributed by atoms with Crippen LogP contribution in [0.4, 0.5) is 11.4 Å². The lowest BCUT2D eigenvalue weighted by Crippen LogP contribution is -2.20. The van der Waals surface area contributed by atoms with Crippen LogP contribution in [0.3, 0.4) is 0 Å². The average Bonchev–Trinajstić information content (AvgIpc) is 2.85. The molecule has 0 aliphatic carbocycles. The monoisotopic (exact) mass is 433 g/mol. The third-order valence-electron chi connectivity index (χ3n) is 5.97. The largest absolute Gasteiger partial charge is 0.348 e. The van der Waals surface area contributed by atoms with Crippen LogP contribution in [0.5, 0.6) is 0 Å². The van der Waals surface area contributed by atoms with E-state index in [1.54, 1.807) is 0 Å². The molecule has 3 nitrogen and oxygen atoms in total. The molecule has 0 fully saturated rings. The van der Waals surface area contributed by atoms with Crippen molar-refractivity contribution in [3.05, 3.63) is 115 Å². The van der Waals surface area contributed by atoms with Gasteiger partial charge in [-0.3, -0.25) is 4.98 Å². The van der Waals surface area contributed by atoms with Crippen molar-refractivity contribution >= 4 is 11.4 Å². The second-order valence-corrected chi connectivity index (χ2v) is 8.19. The van der Waals surface area contributed by atoms with Gasteiger partial charge in [-0.15, -0.1) is 0 Å². The lowest BCUT2D eigenvalue weighted by atomic mass is 9.95. The molecule has 3 heteroatoms. The first-order valence-electron chi connectivity index (χ1n) is 11.4. The number of para-hydroxylation sites is 1. The van der Waals surface area contributed by atoms with Gasteiger partial charge in [-0.2, -0.15) is 0 Å². The minimum atomic E-state index is 0.846. The molecule has 166 valence electrons. The summed E-state index contributed by atoms with van der Waals surface area (Å²) in [4.78, 5) is 8.98. The number of nitrogens with zero attached hydrogens (tertiary/aromatic N) is 3. The summed E-state index contributed by atoms with van der Waals surface area (Å²) in [5.74, 6) is 0. The molecule has 0 aliphatic rings. The topological polar surface area (TPSA) is 19.4 Å². The third-order valence-corrected chi connectivity index (χ3v) is 5.97. The van der Waals surface area contributed by atoms with Gasteiger partial charge in [0.2, 0.25) is 0 Å². The average molecular weight is 434 g/mol. The van der Waals surface area contributed by atoms with Gasteiger partial charge in [-0.25, -0.2) is 0 Å². The minimum Gasteiger partial charge on any atom is -0.348 e. The Balaban J connectivity index is 1.82. The fourth-order valence-electron chi connectivity index (χ4n) is 4.37. The van der Waals surface area contributed by atoms with E-state index in [2.05, 4.69) is 140 Å². The normalized spacial score (nSPS) is 11.0. The van der Waals surface area contributed by atoms with Crippen LogP contribution in [0.2, 0.25) is 0 Å². The Morgan fingerprint density at radius 1 is 0.697 bits per heavy atom. The quantitative estimate of drug-likeness (QED) is 0.301. The number of hydrogen-bond acceptors (Lipinski definition) is 3. The summed E-state index contributed by atoms with van der Waals surface area (Å²) in [5.41, 5.74) is 9.46. The molecule has 0 amide bonds. The predicted molar refractivity (Wildman–Crippen MR) is 142 cm³/mol. The molecule has 3 aromatic carbocycles. The number of hydrogen-bond donors (Lipinski definition) is 0. The second-order valence-electron chi connectivity index (χ2n) is 8.19. The van der Waals surface area contributed by atoms with Gasteiger partial charge in [0.05, 0.1) is 17.1 Å². The van der Waals surface area contributed by atoms with Crippen LogP contribution < -0.4 is 9.80 Å². The minimum absolute atomic E-state index is 0.846. The molecule has 1 aromatic heterocycles. The van der Waals surface area contributed by atoms with E-state index >= 15 is 0 Å². The Bertz CT molecular complexity index is 1150. The Hall–Kier alpha value is -3.85. The maximum Gasteiger partial charge on any atom is 0.0649 e. The molecule has 1 heterocycles. The number of aryl methyl sites for hydroxylation is 2. The highest BCUT2D eigenvalue weighted by atomic mass is 15.2. The molecular weight excluding hydrogens is 402 g/mol. The van der Waals surface area contributed by atoms with E-state index in [1.165, 1.54) is 33.5 Å². The summed E-state index contributed by atoms with van der Waals surface area (Å²) in [6.45, 7) is 7.23. The van der Waals surface area contributed by atoms with Crippen molar-refractivity contribution < 1.29 is 0 Å². The SMILES string of the molecule is CCN(/C=C\N(C)c1c(C)ccnc1C)c1c(-c2ccccc2)cccc1-c1ccccc1. The highest BCUT2D eigenvalue weighted by Gasteiger charge is 2.16. The molecule has 0 radical (unpaired) electrons. The summed E-state index contributed by atoms with van der Waals surface area (Å²) < 4.78 is 0. The van der Waals surface area contributed by atoms with Gasteiger partial charge in [-0.05, 0) is 43.5 Å². The van der Waals surface area contributed by atoms with Crippen molar-refractivity contribution in [3.8, 4) is 22.3 Å². The third kappa shape index (κ3) is 4.83. The first-order valence-corrected chi connectivity index (χ1v) is 11.4. The van der Waals surface area contributed by atoms with E-state index in [0.29, 0.717) is 0 Å². The Labute approximate surface area is 197 Å². The smallest absolute Gasteiger partial charge is 0.0649 e. The number of aromatic nitrogens is 1. The number of anilines is 2. The van der Waals surface area contributed by atoms with Gasteiger partial charge >= 0.3 is 0 Å². The lowest BCUT2D eigenvalue weighted by molar-refractivity contribution is 1.00. The van der Waals surface area contributed by atoms with Gasteiger partial charge in [-0.1, -0.05) is 78.9 Å². The molecule has 0 aliphatic heterocycles. The molecule has 0 unspecified atom stereocenters. The van der Waals surface area contributed by atoms with E-state index < -0.39 is 0 Å². The first kappa shape index (κ1) is 22.3. The molecule has 0 N–H and O–H groups in total. The summed E-state index contributed by atoms with van der Waals surface area (Å²) in [7, 11) is 2.09. The highest BCUT2D eigenvalue weighted by molar-refractivity contribution is 5.91. The standard InChI is InChI=1S/C30H31N3/c1-5-33(22-21-32(4)29-23(2)19-20-31-24(29)3)30-27(25-13-8-6-9-14-25)17-12-18-28(30)26-15-10-7-11-16-26/h6-22H,5H2,1-4H3/b22-21-. The molecule has 0 saturated heterocycles. The van der Waals surface area contributed by atoms with E-state index in [1.807, 2.05) is 6.20 Å². The zero-order valence-corrected chi connectivity index (χ0v) is 19.9. The fraction of sp³-hybridized carbons (Fsp3) is 0.167. The number of pyridine rings is 1. The van der Waals surface area contributed by atoms with Gasteiger partial charge in [0.25, 0.3) is 0 Å². The Morgan fingerprint density at radius 2 is 1.27 bits per heavy atom. The number of rotatable bonds is 7. The van der Waals surface area contributed by atoms with Gasteiger partial charge < -0.3 is 9.80 Å². The van der Waals surface area contributed by atoms with Crippen LogP contribution in [0, 0.1) is 13.8 Å². The molecule has 0 saturated carbocycles. The fourth-order valence-corrected chi connectivity index (χ4v) is 4.37. The van der Waals surface area contributed by atoms with Crippen LogP contribution in [0.15, 0.2) is 104 Å². The Kier molecular flexibility index (Phi) is 6.89. The van der Waals surface area contributed by atoms with Crippen molar-refractivity contribution in [2.45, 2.75) is 20.8 Å². The molecule has 0 atom stereocenters. The van der Waals surface area contributed by atoms with Crippen molar-refractivity contribution in [3.63, 3.8) is 0 Å². The van der Waals surface area contributed by atoms with Crippen molar-refractivity contribution in [1.29, 1.82) is 0 Å². The number of benzene rings is 3. The van der Waals surface area contributed by atoms with Crippen molar-refractivity contribution in [2.24, 2.45) is 0 Å². The van der Waals surface area contributed by atoms with Gasteiger partial charge in [0.15, 0.2) is 0 Å². The van der Waals surface area contributed by atoms with Crippen LogP contribution in [0.25, 0.3) is 22.3 Å². The van der Waals surface area contributed by atoms with E-state index in [0.717, 1.165) is 17.9 Å². The van der Waals surface area contributed by atoms with Crippen LogP contribution >= 0.6 is 0 Å². The van der Waals surface area contributed by atoms with Crippen LogP contribution in [-0.4, -0.2) is 18.6 Å². The van der Waals surface area contributed by atoms with Crippen molar-refractivity contribution in [2.75, 3.05) is 23.4 Å². The molecular formula is C30H31N3. The van der Waals surface area contributed by atoms with E-state index in [-0.39, 0.29) is 0 Å². The molecule has 0 spiro atoms. The maximum absolute atomic E-state index is 4.48. The molecule has 0 bridgehead atoms. The second kappa shape index (κ2) is 10.2. The summed E-state index contributed by atoms with van der Waals surface area (Å²) in [6.07, 6.45) is 6.18. The summed E-state index contributed by atoms with van der Waals surface area (Å²) in [5, 5.41) is 0.